The van der Waals surface area contributed by atoms with Crippen molar-refractivity contribution in [2.24, 2.45) is 4.99 Å². The van der Waals surface area contributed by atoms with Crippen LogP contribution in [-0.4, -0.2) is 42.2 Å². The number of hydrogen-bond acceptors (Lipinski definition) is 6. The Hall–Kier alpha value is -3.55. The van der Waals surface area contributed by atoms with Gasteiger partial charge >= 0.3 is 12.1 Å². The van der Waals surface area contributed by atoms with Gasteiger partial charge in [0.1, 0.15) is 24.2 Å². The second kappa shape index (κ2) is 14.0. The summed E-state index contributed by atoms with van der Waals surface area (Å²) in [6.07, 6.45) is 5.58. The lowest BCUT2D eigenvalue weighted by Gasteiger charge is -2.15. The first-order chi connectivity index (χ1) is 17.0. The smallest absolute Gasteiger partial charge is 0.407 e. The normalized spacial score (nSPS) is 14.3. The molecule has 8 heteroatoms. The minimum atomic E-state index is -1.11. The van der Waals surface area contributed by atoms with Gasteiger partial charge in [-0.2, -0.15) is 0 Å². The number of hydrogen-bond donors (Lipinski definition) is 3. The van der Waals surface area contributed by atoms with E-state index in [2.05, 4.69) is 21.7 Å². The van der Waals surface area contributed by atoms with Crippen molar-refractivity contribution in [1.29, 1.82) is 0 Å². The zero-order valence-electron chi connectivity index (χ0n) is 20.3. The maximum absolute atomic E-state index is 11.8. The number of amidine groups is 1. The maximum Gasteiger partial charge on any atom is 0.407 e. The monoisotopic (exact) mass is 481 g/mol. The molecule has 0 radical (unpaired) electrons. The Labute approximate surface area is 206 Å². The number of carboxylic acids is 1. The molecule has 0 fully saturated rings. The summed E-state index contributed by atoms with van der Waals surface area (Å²) < 4.78 is 10.9. The van der Waals surface area contributed by atoms with Crippen LogP contribution < -0.4 is 15.4 Å². The zero-order valence-corrected chi connectivity index (χ0v) is 20.3. The molecule has 0 saturated carbocycles. The highest BCUT2D eigenvalue weighted by atomic mass is 16.5. The van der Waals surface area contributed by atoms with Gasteiger partial charge < -0.3 is 25.2 Å². The molecule has 1 aliphatic rings. The lowest BCUT2D eigenvalue weighted by molar-refractivity contribution is -0.139. The number of aliphatic carboxylic acids is 1. The van der Waals surface area contributed by atoms with Gasteiger partial charge in [-0.25, -0.2) is 9.59 Å². The number of anilines is 1. The molecule has 0 saturated heterocycles. The maximum atomic E-state index is 11.8. The second-order valence-electron chi connectivity index (χ2n) is 8.63. The standard InChI is InChI=1S/C27H35N3O5/c1-2-3-16-34-27(33)30-24(26(31)32)18-20-11-13-23(14-12-20)35-19-21-8-7-9-22(17-21)29-25-10-5-4-6-15-28-25/h7-9,11-14,17,24H,2-6,10,15-16,18-19H2,1H3,(H,28,29)(H,30,33)(H,31,32)/t24-/m0/s1. The van der Waals surface area contributed by atoms with E-state index in [-0.39, 0.29) is 13.0 Å². The second-order valence-corrected chi connectivity index (χ2v) is 8.63. The predicted octanol–water partition coefficient (Wildman–Crippen LogP) is 5.17. The first-order valence-electron chi connectivity index (χ1n) is 12.3. The van der Waals surface area contributed by atoms with E-state index in [1.54, 1.807) is 24.3 Å². The highest BCUT2D eigenvalue weighted by Gasteiger charge is 2.21. The van der Waals surface area contributed by atoms with Crippen LogP contribution in [0.1, 0.15) is 56.6 Å². The minimum absolute atomic E-state index is 0.149. The predicted molar refractivity (Wildman–Crippen MR) is 136 cm³/mol. The van der Waals surface area contributed by atoms with Gasteiger partial charge in [0.25, 0.3) is 0 Å². The first kappa shape index (κ1) is 26.1. The van der Waals surface area contributed by atoms with Crippen molar-refractivity contribution in [2.75, 3.05) is 18.5 Å². The van der Waals surface area contributed by atoms with Crippen LogP contribution in [-0.2, 0) is 22.6 Å². The van der Waals surface area contributed by atoms with Gasteiger partial charge in [-0.3, -0.25) is 4.99 Å². The number of aliphatic imine (C=N–C) groups is 1. The Kier molecular flexibility index (Phi) is 10.4. The van der Waals surface area contributed by atoms with Crippen molar-refractivity contribution in [2.45, 2.75) is 64.5 Å². The van der Waals surface area contributed by atoms with Gasteiger partial charge in [-0.05, 0) is 54.7 Å². The molecule has 2 aromatic rings. The number of carbonyl (C=O) groups is 2. The molecule has 35 heavy (non-hydrogen) atoms. The highest BCUT2D eigenvalue weighted by Crippen LogP contribution is 2.18. The molecule has 0 unspecified atom stereocenters. The third-order valence-corrected chi connectivity index (χ3v) is 5.68. The Morgan fingerprint density at radius 3 is 2.69 bits per heavy atom. The summed E-state index contributed by atoms with van der Waals surface area (Å²) in [5.41, 5.74) is 2.81. The van der Waals surface area contributed by atoms with Crippen LogP contribution in [0.25, 0.3) is 0 Å². The molecule has 0 bridgehead atoms. The van der Waals surface area contributed by atoms with Gasteiger partial charge in [-0.1, -0.05) is 44.0 Å². The summed E-state index contributed by atoms with van der Waals surface area (Å²) in [5.74, 6) is 0.611. The van der Waals surface area contributed by atoms with Gasteiger partial charge in [0.2, 0.25) is 0 Å². The summed E-state index contributed by atoms with van der Waals surface area (Å²) in [6, 6.07) is 14.2. The molecule has 1 amide bonds. The number of carboxylic acid groups (broad SMARTS) is 1. The molecule has 3 N–H and O–H groups in total. The van der Waals surface area contributed by atoms with Crippen LogP contribution in [0.15, 0.2) is 53.5 Å². The number of rotatable bonds is 11. The summed E-state index contributed by atoms with van der Waals surface area (Å²) in [7, 11) is 0. The SMILES string of the molecule is CCCCOC(=O)N[C@@H](Cc1ccc(OCc2cccc(NC3=NCCCCC3)c2)cc1)C(=O)O. The first-order valence-corrected chi connectivity index (χ1v) is 12.3. The molecule has 2 aromatic carbocycles. The lowest BCUT2D eigenvalue weighted by Crippen LogP contribution is -2.42. The number of carbonyl (C=O) groups excluding carboxylic acids is 1. The number of nitrogens with one attached hydrogen (secondary N) is 2. The van der Waals surface area contributed by atoms with Gasteiger partial charge in [0, 0.05) is 25.1 Å². The fraction of sp³-hybridized carbons (Fsp3) is 0.444. The topological polar surface area (TPSA) is 109 Å². The number of ether oxygens (including phenoxy) is 2. The quantitative estimate of drug-likeness (QED) is 0.382. The largest absolute Gasteiger partial charge is 0.489 e. The molecule has 0 spiro atoms. The van der Waals surface area contributed by atoms with Crippen LogP contribution in [0.3, 0.4) is 0 Å². The van der Waals surface area contributed by atoms with E-state index < -0.39 is 18.1 Å². The average molecular weight is 482 g/mol. The Balaban J connectivity index is 1.50. The van der Waals surface area contributed by atoms with Gasteiger partial charge in [0.15, 0.2) is 0 Å². The van der Waals surface area contributed by atoms with Crippen LogP contribution in [0.4, 0.5) is 10.5 Å². The molecule has 0 aliphatic carbocycles. The van der Waals surface area contributed by atoms with E-state index in [0.29, 0.717) is 12.4 Å². The van der Waals surface area contributed by atoms with Crippen LogP contribution >= 0.6 is 0 Å². The number of unbranched alkanes of at least 4 members (excludes halogenated alkanes) is 1. The summed E-state index contributed by atoms with van der Waals surface area (Å²) in [6.45, 7) is 3.55. The minimum Gasteiger partial charge on any atom is -0.489 e. The van der Waals surface area contributed by atoms with Crippen molar-refractivity contribution in [1.82, 2.24) is 5.32 Å². The molecule has 1 heterocycles. The Morgan fingerprint density at radius 2 is 1.91 bits per heavy atom. The fourth-order valence-electron chi connectivity index (χ4n) is 3.70. The fourth-order valence-corrected chi connectivity index (χ4v) is 3.70. The van der Waals surface area contributed by atoms with E-state index in [4.69, 9.17) is 9.47 Å². The third-order valence-electron chi connectivity index (χ3n) is 5.68. The van der Waals surface area contributed by atoms with Gasteiger partial charge in [0.05, 0.1) is 6.61 Å². The van der Waals surface area contributed by atoms with Crippen LogP contribution in [0.2, 0.25) is 0 Å². The Morgan fingerprint density at radius 1 is 1.09 bits per heavy atom. The Bertz CT molecular complexity index is 991. The van der Waals surface area contributed by atoms with E-state index in [1.807, 2.05) is 25.1 Å². The average Bonchev–Trinajstić information content (AvgIpc) is 3.12. The van der Waals surface area contributed by atoms with Crippen molar-refractivity contribution >= 4 is 23.6 Å². The highest BCUT2D eigenvalue weighted by molar-refractivity contribution is 5.95. The van der Waals surface area contributed by atoms with Crippen LogP contribution in [0.5, 0.6) is 5.75 Å². The number of benzene rings is 2. The zero-order chi connectivity index (χ0) is 24.9. The van der Waals surface area contributed by atoms with Crippen molar-refractivity contribution in [3.05, 3.63) is 59.7 Å². The summed E-state index contributed by atoms with van der Waals surface area (Å²) >= 11 is 0. The summed E-state index contributed by atoms with van der Waals surface area (Å²) in [4.78, 5) is 28.0. The lowest BCUT2D eigenvalue weighted by atomic mass is 10.1. The van der Waals surface area contributed by atoms with Crippen molar-refractivity contribution in [3.63, 3.8) is 0 Å². The summed E-state index contributed by atoms with van der Waals surface area (Å²) in [5, 5.41) is 15.3. The van der Waals surface area contributed by atoms with Crippen molar-refractivity contribution in [3.8, 4) is 5.75 Å². The molecule has 0 aromatic heterocycles. The number of nitrogens with zero attached hydrogens (tertiary/aromatic N) is 1. The number of amides is 1. The van der Waals surface area contributed by atoms with E-state index >= 15 is 0 Å². The molecule has 3 rings (SSSR count). The van der Waals surface area contributed by atoms with E-state index in [0.717, 1.165) is 61.3 Å². The molecular formula is C27H35N3O5. The van der Waals surface area contributed by atoms with E-state index in [1.165, 1.54) is 6.42 Å². The van der Waals surface area contributed by atoms with Crippen LogP contribution in [0, 0.1) is 0 Å². The molecule has 1 atom stereocenters. The molecule has 8 nitrogen and oxygen atoms in total. The molecule has 1 aliphatic heterocycles. The molecular weight excluding hydrogens is 446 g/mol. The number of alkyl carbamates (subject to hydrolysis) is 1. The van der Waals surface area contributed by atoms with E-state index in [9.17, 15) is 14.7 Å². The van der Waals surface area contributed by atoms with Gasteiger partial charge in [-0.15, -0.1) is 0 Å². The van der Waals surface area contributed by atoms with Crippen molar-refractivity contribution < 1.29 is 24.2 Å². The molecule has 188 valence electrons. The third kappa shape index (κ3) is 9.31.